The Morgan fingerprint density at radius 1 is 1.56 bits per heavy atom. The minimum absolute atomic E-state index is 0.0418. The number of carbonyl (C=O) groups excluding carboxylic acids is 1. The summed E-state index contributed by atoms with van der Waals surface area (Å²) in [5, 5.41) is 9.02. The molecule has 1 unspecified atom stereocenters. The first-order valence-corrected chi connectivity index (χ1v) is 5.68. The van der Waals surface area contributed by atoms with Crippen molar-refractivity contribution >= 4 is 21.6 Å². The Morgan fingerprint density at radius 3 is 2.50 bits per heavy atom. The Balaban J connectivity index is 3.25. The van der Waals surface area contributed by atoms with E-state index in [4.69, 9.17) is 15.4 Å². The molecule has 6 nitrogen and oxygen atoms in total. The lowest BCUT2D eigenvalue weighted by molar-refractivity contribution is 0.0779. The van der Waals surface area contributed by atoms with Crippen LogP contribution < -0.4 is 5.73 Å². The van der Waals surface area contributed by atoms with Crippen LogP contribution in [0.2, 0.25) is 0 Å². The Morgan fingerprint density at radius 2 is 2.12 bits per heavy atom. The monoisotopic (exact) mass is 244 g/mol. The van der Waals surface area contributed by atoms with Gasteiger partial charge in [-0.2, -0.15) is 8.42 Å². The van der Waals surface area contributed by atoms with Crippen LogP contribution in [-0.2, 0) is 10.1 Å². The van der Waals surface area contributed by atoms with E-state index in [2.05, 4.69) is 6.07 Å². The van der Waals surface area contributed by atoms with E-state index in [0.717, 1.165) is 12.1 Å². The maximum atomic E-state index is 11.3. The number of benzene rings is 1. The van der Waals surface area contributed by atoms with Crippen LogP contribution in [0.1, 0.15) is 17.3 Å². The zero-order valence-electron chi connectivity index (χ0n) is 8.34. The molecule has 0 saturated heterocycles. The van der Waals surface area contributed by atoms with Crippen LogP contribution in [0.4, 0.5) is 5.69 Å². The molecule has 0 heterocycles. The molecule has 1 radical (unpaired) electrons. The Bertz CT molecular complexity index is 521. The first-order valence-electron chi connectivity index (χ1n) is 4.24. The van der Waals surface area contributed by atoms with E-state index < -0.39 is 26.9 Å². The van der Waals surface area contributed by atoms with Gasteiger partial charge in [0.25, 0.3) is 10.1 Å². The number of nitrogens with two attached hydrogens (primary N) is 1. The van der Waals surface area contributed by atoms with Gasteiger partial charge in [0.2, 0.25) is 0 Å². The van der Waals surface area contributed by atoms with Gasteiger partial charge in [-0.05, 0) is 25.1 Å². The van der Waals surface area contributed by atoms with Crippen LogP contribution in [0.25, 0.3) is 0 Å². The summed E-state index contributed by atoms with van der Waals surface area (Å²) in [5.41, 5.74) is 5.04. The third-order valence-corrected chi connectivity index (χ3v) is 2.78. The summed E-state index contributed by atoms with van der Waals surface area (Å²) in [7, 11) is -4.43. The van der Waals surface area contributed by atoms with Gasteiger partial charge in [-0.3, -0.25) is 9.35 Å². The maximum absolute atomic E-state index is 11.3. The summed E-state index contributed by atoms with van der Waals surface area (Å²) >= 11 is 0. The number of hydrogen-bond donors (Lipinski definition) is 3. The van der Waals surface area contributed by atoms with Gasteiger partial charge in [0, 0.05) is 5.56 Å². The van der Waals surface area contributed by atoms with E-state index in [1.54, 1.807) is 0 Å². The smallest absolute Gasteiger partial charge is 0.296 e. The topological polar surface area (TPSA) is 118 Å². The highest BCUT2D eigenvalue weighted by atomic mass is 32.2. The van der Waals surface area contributed by atoms with Crippen molar-refractivity contribution in [1.82, 2.24) is 0 Å². The van der Waals surface area contributed by atoms with Crippen molar-refractivity contribution in [2.24, 2.45) is 0 Å². The number of aliphatic hydroxyl groups excluding tert-OH is 1. The zero-order valence-corrected chi connectivity index (χ0v) is 9.15. The van der Waals surface area contributed by atoms with Crippen molar-refractivity contribution in [2.75, 3.05) is 5.73 Å². The lowest BCUT2D eigenvalue weighted by atomic mass is 10.1. The standard InChI is InChI=1S/C9H10NO5S/c1-5(11)9(12)6-2-3-8(7(10)4-6)16(13,14)15/h3-5,11H,10H2,1H3,(H,13,14,15). The van der Waals surface area contributed by atoms with Gasteiger partial charge in [-0.25, -0.2) is 0 Å². The fourth-order valence-electron chi connectivity index (χ4n) is 1.09. The van der Waals surface area contributed by atoms with Gasteiger partial charge in [0.05, 0.1) is 5.69 Å². The second-order valence-electron chi connectivity index (χ2n) is 3.18. The van der Waals surface area contributed by atoms with E-state index >= 15 is 0 Å². The summed E-state index contributed by atoms with van der Waals surface area (Å²) in [5.74, 6) is -0.631. The average Bonchev–Trinajstić information content (AvgIpc) is 2.14. The second-order valence-corrected chi connectivity index (χ2v) is 4.57. The highest BCUT2D eigenvalue weighted by molar-refractivity contribution is 7.86. The first kappa shape index (κ1) is 12.6. The molecule has 4 N–H and O–H groups in total. The number of aliphatic hydroxyl groups is 1. The number of rotatable bonds is 3. The molecular formula is C9H10NO5S. The van der Waals surface area contributed by atoms with Gasteiger partial charge < -0.3 is 10.8 Å². The molecule has 0 aliphatic carbocycles. The molecule has 0 amide bonds. The number of Topliss-reactive ketones (excluding diaryl/α,β-unsaturated/α-hetero) is 1. The Hall–Kier alpha value is -1.44. The SMILES string of the molecule is CC(O)C(=O)c1[c]cc(S(=O)(=O)O)c(N)c1. The van der Waals surface area contributed by atoms with Crippen molar-refractivity contribution in [3.63, 3.8) is 0 Å². The number of carbonyl (C=O) groups is 1. The summed E-state index contributed by atoms with van der Waals surface area (Å²) in [6.45, 7) is 1.27. The molecule has 1 aromatic rings. The molecule has 0 aliphatic heterocycles. The van der Waals surface area contributed by atoms with Gasteiger partial charge in [0.1, 0.15) is 11.0 Å². The predicted octanol–water partition coefficient (Wildman–Crippen LogP) is -0.121. The molecule has 1 atom stereocenters. The van der Waals surface area contributed by atoms with Crippen LogP contribution in [0.5, 0.6) is 0 Å². The van der Waals surface area contributed by atoms with Gasteiger partial charge in [0.15, 0.2) is 5.78 Å². The number of hydrogen-bond acceptors (Lipinski definition) is 5. The summed E-state index contributed by atoms with van der Waals surface area (Å²) < 4.78 is 30.3. The molecule has 0 spiro atoms. The highest BCUT2D eigenvalue weighted by Crippen LogP contribution is 2.19. The predicted molar refractivity (Wildman–Crippen MR) is 55.5 cm³/mol. The van der Waals surface area contributed by atoms with Gasteiger partial charge in [-0.1, -0.05) is 0 Å². The fourth-order valence-corrected chi connectivity index (χ4v) is 1.65. The summed E-state index contributed by atoms with van der Waals surface area (Å²) in [6.07, 6.45) is -1.23. The zero-order chi connectivity index (χ0) is 12.5. The van der Waals surface area contributed by atoms with Gasteiger partial charge >= 0.3 is 0 Å². The quantitative estimate of drug-likeness (QED) is 0.387. The van der Waals surface area contributed by atoms with Crippen LogP contribution in [-0.4, -0.2) is 30.0 Å². The third kappa shape index (κ3) is 2.57. The molecular weight excluding hydrogens is 234 g/mol. The molecule has 0 aromatic heterocycles. The van der Waals surface area contributed by atoms with Crippen LogP contribution in [0.3, 0.4) is 0 Å². The fraction of sp³-hybridized carbons (Fsp3) is 0.222. The summed E-state index contributed by atoms with van der Waals surface area (Å²) in [4.78, 5) is 10.8. The molecule has 16 heavy (non-hydrogen) atoms. The summed E-state index contributed by atoms with van der Waals surface area (Å²) in [6, 6.07) is 4.27. The molecule has 0 bridgehead atoms. The number of anilines is 1. The van der Waals surface area contributed by atoms with E-state index in [-0.39, 0.29) is 11.3 Å². The molecule has 0 aliphatic rings. The van der Waals surface area contributed by atoms with Gasteiger partial charge in [-0.15, -0.1) is 0 Å². The van der Waals surface area contributed by atoms with Crippen molar-refractivity contribution in [3.8, 4) is 0 Å². The van der Waals surface area contributed by atoms with E-state index in [9.17, 15) is 13.2 Å². The third-order valence-electron chi connectivity index (χ3n) is 1.87. The van der Waals surface area contributed by atoms with E-state index in [1.165, 1.54) is 6.92 Å². The number of nitrogen functional groups attached to an aromatic ring is 1. The van der Waals surface area contributed by atoms with E-state index in [1.807, 2.05) is 0 Å². The molecule has 1 aromatic carbocycles. The number of ketones is 1. The Labute approximate surface area is 92.5 Å². The van der Waals surface area contributed by atoms with Crippen molar-refractivity contribution in [3.05, 3.63) is 23.8 Å². The van der Waals surface area contributed by atoms with Crippen LogP contribution >= 0.6 is 0 Å². The molecule has 1 rings (SSSR count). The molecule has 0 saturated carbocycles. The van der Waals surface area contributed by atoms with Crippen LogP contribution in [0, 0.1) is 6.07 Å². The second kappa shape index (κ2) is 4.20. The normalized spacial score (nSPS) is 13.4. The molecule has 7 heteroatoms. The van der Waals surface area contributed by atoms with Crippen molar-refractivity contribution < 1.29 is 22.9 Å². The highest BCUT2D eigenvalue weighted by Gasteiger charge is 2.18. The lowest BCUT2D eigenvalue weighted by Gasteiger charge is -2.06. The van der Waals surface area contributed by atoms with E-state index in [0.29, 0.717) is 0 Å². The average molecular weight is 244 g/mol. The molecule has 87 valence electrons. The maximum Gasteiger partial charge on any atom is 0.296 e. The van der Waals surface area contributed by atoms with Crippen molar-refractivity contribution in [1.29, 1.82) is 0 Å². The minimum Gasteiger partial charge on any atom is -0.398 e. The first-order chi connectivity index (χ1) is 7.23. The largest absolute Gasteiger partial charge is 0.398 e. The minimum atomic E-state index is -4.43. The van der Waals surface area contributed by atoms with Crippen molar-refractivity contribution in [2.45, 2.75) is 17.9 Å². The van der Waals surface area contributed by atoms with Crippen LogP contribution in [0.15, 0.2) is 17.0 Å². The Kier molecular flexibility index (Phi) is 3.32. The lowest BCUT2D eigenvalue weighted by Crippen LogP contribution is -2.17. The molecule has 0 fully saturated rings.